The predicted molar refractivity (Wildman–Crippen MR) is 64.2 cm³/mol. The number of fused-ring (bicyclic) bond motifs is 1. The smallest absolute Gasteiger partial charge is 0.0705 e. The highest BCUT2D eigenvalue weighted by Crippen LogP contribution is 2.47. The van der Waals surface area contributed by atoms with E-state index >= 15 is 0 Å². The molecule has 16 heavy (non-hydrogen) atoms. The van der Waals surface area contributed by atoms with E-state index in [2.05, 4.69) is 23.2 Å². The normalized spacial score (nSPS) is 17.6. The van der Waals surface area contributed by atoms with Gasteiger partial charge in [0.05, 0.1) is 5.52 Å². The van der Waals surface area contributed by atoms with Crippen LogP contribution >= 0.6 is 0 Å². The summed E-state index contributed by atoms with van der Waals surface area (Å²) in [4.78, 5) is 4.64. The summed E-state index contributed by atoms with van der Waals surface area (Å²) in [5.74, 6) is 0. The molecule has 0 unspecified atom stereocenters. The molecular formula is C14H15NO. The second-order valence-electron chi connectivity index (χ2n) is 4.83. The largest absolute Gasteiger partial charge is 0.396 e. The van der Waals surface area contributed by atoms with Crippen molar-refractivity contribution in [2.24, 2.45) is 5.41 Å². The van der Waals surface area contributed by atoms with Gasteiger partial charge in [-0.3, -0.25) is 4.98 Å². The third-order valence-electron chi connectivity index (χ3n) is 3.50. The van der Waals surface area contributed by atoms with Gasteiger partial charge in [0.25, 0.3) is 0 Å². The van der Waals surface area contributed by atoms with Gasteiger partial charge in [0.1, 0.15) is 0 Å². The number of pyridine rings is 1. The lowest BCUT2D eigenvalue weighted by molar-refractivity contribution is 0.210. The highest BCUT2D eigenvalue weighted by molar-refractivity contribution is 5.78. The fraction of sp³-hybridized carbons (Fsp3) is 0.357. The van der Waals surface area contributed by atoms with Crippen LogP contribution in [-0.4, -0.2) is 16.7 Å². The molecule has 1 fully saturated rings. The Balaban J connectivity index is 1.93. The van der Waals surface area contributed by atoms with E-state index in [1.807, 2.05) is 18.2 Å². The van der Waals surface area contributed by atoms with Crippen molar-refractivity contribution in [3.05, 3.63) is 42.1 Å². The van der Waals surface area contributed by atoms with E-state index in [4.69, 9.17) is 0 Å². The molecule has 2 aromatic rings. The Morgan fingerprint density at radius 2 is 1.94 bits per heavy atom. The van der Waals surface area contributed by atoms with Gasteiger partial charge >= 0.3 is 0 Å². The molecule has 0 aliphatic heterocycles. The van der Waals surface area contributed by atoms with Crippen molar-refractivity contribution in [3.8, 4) is 0 Å². The van der Waals surface area contributed by atoms with Crippen LogP contribution in [0.1, 0.15) is 18.5 Å². The molecule has 1 N–H and O–H groups in total. The minimum Gasteiger partial charge on any atom is -0.396 e. The van der Waals surface area contributed by atoms with Crippen molar-refractivity contribution in [2.75, 3.05) is 6.61 Å². The van der Waals surface area contributed by atoms with Crippen LogP contribution in [0.4, 0.5) is 0 Å². The second-order valence-corrected chi connectivity index (χ2v) is 4.83. The Morgan fingerprint density at radius 1 is 1.12 bits per heavy atom. The number of nitrogens with zero attached hydrogens (tertiary/aromatic N) is 1. The Morgan fingerprint density at radius 3 is 2.69 bits per heavy atom. The molecule has 0 radical (unpaired) electrons. The molecule has 82 valence electrons. The van der Waals surface area contributed by atoms with Crippen LogP contribution in [0.3, 0.4) is 0 Å². The lowest BCUT2D eigenvalue weighted by atomic mass is 10.0. The fourth-order valence-corrected chi connectivity index (χ4v) is 2.16. The van der Waals surface area contributed by atoms with Crippen LogP contribution in [0, 0.1) is 5.41 Å². The number of benzene rings is 1. The maximum atomic E-state index is 9.30. The number of aromatic nitrogens is 1. The molecule has 0 amide bonds. The summed E-state index contributed by atoms with van der Waals surface area (Å²) in [6, 6.07) is 12.4. The van der Waals surface area contributed by atoms with Gasteiger partial charge in [-0.15, -0.1) is 0 Å². The van der Waals surface area contributed by atoms with Crippen LogP contribution in [0.5, 0.6) is 0 Å². The predicted octanol–water partition coefficient (Wildman–Crippen LogP) is 2.55. The van der Waals surface area contributed by atoms with E-state index in [-0.39, 0.29) is 5.41 Å². The zero-order valence-corrected chi connectivity index (χ0v) is 9.19. The van der Waals surface area contributed by atoms with Gasteiger partial charge in [-0.25, -0.2) is 0 Å². The molecule has 1 aromatic carbocycles. The molecule has 2 nitrogen and oxygen atoms in total. The Labute approximate surface area is 94.9 Å². The van der Waals surface area contributed by atoms with E-state index in [0.29, 0.717) is 6.61 Å². The van der Waals surface area contributed by atoms with Gasteiger partial charge in [-0.2, -0.15) is 0 Å². The third-order valence-corrected chi connectivity index (χ3v) is 3.50. The summed E-state index contributed by atoms with van der Waals surface area (Å²) >= 11 is 0. The molecule has 1 saturated carbocycles. The van der Waals surface area contributed by atoms with Crippen molar-refractivity contribution in [3.63, 3.8) is 0 Å². The van der Waals surface area contributed by atoms with Crippen molar-refractivity contribution < 1.29 is 5.11 Å². The lowest BCUT2D eigenvalue weighted by Crippen LogP contribution is -2.11. The van der Waals surface area contributed by atoms with E-state index in [1.165, 1.54) is 5.39 Å². The number of hydrogen-bond acceptors (Lipinski definition) is 2. The van der Waals surface area contributed by atoms with Crippen LogP contribution in [0.15, 0.2) is 36.4 Å². The molecule has 1 aromatic heterocycles. The maximum absolute atomic E-state index is 9.30. The van der Waals surface area contributed by atoms with Crippen molar-refractivity contribution in [1.29, 1.82) is 0 Å². The number of hydrogen-bond donors (Lipinski definition) is 1. The molecule has 3 rings (SSSR count). The second kappa shape index (κ2) is 3.56. The van der Waals surface area contributed by atoms with E-state index in [1.54, 1.807) is 0 Å². The summed E-state index contributed by atoms with van der Waals surface area (Å²) in [5, 5.41) is 10.5. The van der Waals surface area contributed by atoms with Crippen molar-refractivity contribution in [1.82, 2.24) is 4.98 Å². The van der Waals surface area contributed by atoms with Gasteiger partial charge in [0.2, 0.25) is 0 Å². The van der Waals surface area contributed by atoms with E-state index in [9.17, 15) is 5.11 Å². The number of para-hydroxylation sites is 1. The lowest BCUT2D eigenvalue weighted by Gasteiger charge is -2.10. The molecule has 0 atom stereocenters. The number of aliphatic hydroxyl groups excluding tert-OH is 1. The van der Waals surface area contributed by atoms with E-state index < -0.39 is 0 Å². The molecule has 0 saturated heterocycles. The van der Waals surface area contributed by atoms with Crippen molar-refractivity contribution in [2.45, 2.75) is 19.3 Å². The van der Waals surface area contributed by atoms with Gasteiger partial charge in [0, 0.05) is 17.7 Å². The van der Waals surface area contributed by atoms with Crippen LogP contribution < -0.4 is 0 Å². The SMILES string of the molecule is OCC1(Cc2ccc3ccccc3n2)CC1. The highest BCUT2D eigenvalue weighted by atomic mass is 16.3. The first-order valence-corrected chi connectivity index (χ1v) is 5.77. The van der Waals surface area contributed by atoms with Gasteiger partial charge in [-0.1, -0.05) is 24.3 Å². The summed E-state index contributed by atoms with van der Waals surface area (Å²) in [6.07, 6.45) is 3.18. The zero-order valence-electron chi connectivity index (χ0n) is 9.19. The average Bonchev–Trinajstić information content (AvgIpc) is 3.09. The third kappa shape index (κ3) is 1.69. The summed E-state index contributed by atoms with van der Waals surface area (Å²) in [7, 11) is 0. The Bertz CT molecular complexity index is 517. The van der Waals surface area contributed by atoms with Crippen LogP contribution in [-0.2, 0) is 6.42 Å². The fourth-order valence-electron chi connectivity index (χ4n) is 2.16. The van der Waals surface area contributed by atoms with Gasteiger partial charge < -0.3 is 5.11 Å². The monoisotopic (exact) mass is 213 g/mol. The summed E-state index contributed by atoms with van der Waals surface area (Å²) in [5.41, 5.74) is 2.30. The molecule has 1 heterocycles. The summed E-state index contributed by atoms with van der Waals surface area (Å²) < 4.78 is 0. The minimum absolute atomic E-state index is 0.148. The number of aliphatic hydroxyl groups is 1. The summed E-state index contributed by atoms with van der Waals surface area (Å²) in [6.45, 7) is 0.293. The first-order chi connectivity index (χ1) is 7.81. The molecule has 2 heteroatoms. The zero-order chi connectivity index (χ0) is 11.0. The first-order valence-electron chi connectivity index (χ1n) is 5.77. The van der Waals surface area contributed by atoms with Gasteiger partial charge in [0.15, 0.2) is 0 Å². The molecule has 0 bridgehead atoms. The molecule has 0 spiro atoms. The molecule has 1 aliphatic rings. The van der Waals surface area contributed by atoms with Crippen molar-refractivity contribution >= 4 is 10.9 Å². The molecular weight excluding hydrogens is 198 g/mol. The van der Waals surface area contributed by atoms with Crippen LogP contribution in [0.2, 0.25) is 0 Å². The molecule has 1 aliphatic carbocycles. The quantitative estimate of drug-likeness (QED) is 0.850. The maximum Gasteiger partial charge on any atom is 0.0705 e. The Hall–Kier alpha value is -1.41. The number of rotatable bonds is 3. The van der Waals surface area contributed by atoms with Crippen LogP contribution in [0.25, 0.3) is 10.9 Å². The minimum atomic E-state index is 0.148. The Kier molecular flexibility index (Phi) is 2.18. The van der Waals surface area contributed by atoms with Gasteiger partial charge in [-0.05, 0) is 36.8 Å². The standard InChI is InChI=1S/C14H15NO/c16-10-14(7-8-14)9-12-6-5-11-3-1-2-4-13(11)15-12/h1-6,16H,7-10H2. The topological polar surface area (TPSA) is 33.1 Å². The van der Waals surface area contributed by atoms with E-state index in [0.717, 1.165) is 30.5 Å². The average molecular weight is 213 g/mol. The first kappa shape index (κ1) is 9.79. The highest BCUT2D eigenvalue weighted by Gasteiger charge is 2.42.